The number of nitrogens with zero attached hydrogens (tertiary/aromatic N) is 1. The molecule has 8 heteroatoms. The molecule has 0 atom stereocenters. The number of sulfonamides is 1. The van der Waals surface area contributed by atoms with Crippen LogP contribution in [0.3, 0.4) is 0 Å². The largest absolute Gasteiger partial charge is 0.507 e. The van der Waals surface area contributed by atoms with E-state index < -0.39 is 10.0 Å². The van der Waals surface area contributed by atoms with Gasteiger partial charge in [-0.1, -0.05) is 41.5 Å². The SMILES string of the molecule is COc1ccc(OC)c(S(=O)(=O)N/N=C/c2cc(C(C)(C)C)c(O)c(C(C)(C)C)c2)c1. The minimum absolute atomic E-state index is 0.0806. The molecule has 0 aromatic heterocycles. The van der Waals surface area contributed by atoms with Crippen LogP contribution in [0.4, 0.5) is 0 Å². The number of ether oxygens (including phenoxy) is 2. The summed E-state index contributed by atoms with van der Waals surface area (Å²) in [7, 11) is -1.15. The molecule has 0 aliphatic carbocycles. The van der Waals surface area contributed by atoms with Gasteiger partial charge in [-0.15, -0.1) is 0 Å². The summed E-state index contributed by atoms with van der Waals surface area (Å²) in [6.45, 7) is 12.0. The number of hydrazone groups is 1. The van der Waals surface area contributed by atoms with Gasteiger partial charge in [0.1, 0.15) is 22.1 Å². The van der Waals surface area contributed by atoms with Gasteiger partial charge in [0.05, 0.1) is 20.4 Å². The zero-order valence-electron chi connectivity index (χ0n) is 19.4. The molecule has 2 rings (SSSR count). The molecule has 0 saturated carbocycles. The Balaban J connectivity index is 2.45. The van der Waals surface area contributed by atoms with Crippen LogP contribution in [0.5, 0.6) is 17.2 Å². The van der Waals surface area contributed by atoms with Crippen LogP contribution in [0.2, 0.25) is 0 Å². The first-order chi connectivity index (χ1) is 14.2. The van der Waals surface area contributed by atoms with Crippen molar-refractivity contribution >= 4 is 16.2 Å². The van der Waals surface area contributed by atoms with Crippen molar-refractivity contribution in [1.29, 1.82) is 0 Å². The topological polar surface area (TPSA) is 97.2 Å². The molecular formula is C23H32N2O5S. The average Bonchev–Trinajstić information content (AvgIpc) is 2.66. The van der Waals surface area contributed by atoms with E-state index in [1.54, 1.807) is 6.07 Å². The van der Waals surface area contributed by atoms with Crippen LogP contribution in [0.15, 0.2) is 40.3 Å². The molecule has 0 fully saturated rings. The minimum Gasteiger partial charge on any atom is -0.507 e. The van der Waals surface area contributed by atoms with Gasteiger partial charge < -0.3 is 14.6 Å². The third-order valence-corrected chi connectivity index (χ3v) is 6.04. The fraction of sp³-hybridized carbons (Fsp3) is 0.435. The van der Waals surface area contributed by atoms with E-state index in [1.807, 2.05) is 53.7 Å². The lowest BCUT2D eigenvalue weighted by Crippen LogP contribution is -2.20. The van der Waals surface area contributed by atoms with Crippen LogP contribution < -0.4 is 14.3 Å². The van der Waals surface area contributed by atoms with Crippen molar-refractivity contribution in [3.63, 3.8) is 0 Å². The molecule has 7 nitrogen and oxygen atoms in total. The predicted octanol–water partition coefficient (Wildman–Crippen LogP) is 4.32. The maximum absolute atomic E-state index is 12.8. The van der Waals surface area contributed by atoms with E-state index in [4.69, 9.17) is 9.47 Å². The molecule has 0 radical (unpaired) electrons. The number of benzene rings is 2. The van der Waals surface area contributed by atoms with E-state index in [9.17, 15) is 13.5 Å². The molecule has 0 aliphatic heterocycles. The highest BCUT2D eigenvalue weighted by molar-refractivity contribution is 7.89. The van der Waals surface area contributed by atoms with Gasteiger partial charge in [0.25, 0.3) is 10.0 Å². The van der Waals surface area contributed by atoms with Crippen LogP contribution >= 0.6 is 0 Å². The summed E-state index contributed by atoms with van der Waals surface area (Å²) < 4.78 is 35.8. The molecule has 2 aromatic rings. The van der Waals surface area contributed by atoms with Crippen molar-refractivity contribution in [3.05, 3.63) is 47.0 Å². The number of rotatable bonds is 6. The quantitative estimate of drug-likeness (QED) is 0.507. The summed E-state index contributed by atoms with van der Waals surface area (Å²) in [5.74, 6) is 0.811. The number of phenolic OH excluding ortho intramolecular Hbond substituents is 1. The summed E-state index contributed by atoms with van der Waals surface area (Å²) in [4.78, 5) is 2.14. The fourth-order valence-electron chi connectivity index (χ4n) is 3.09. The Kier molecular flexibility index (Phi) is 6.95. The van der Waals surface area contributed by atoms with Gasteiger partial charge in [-0.25, -0.2) is 0 Å². The highest BCUT2D eigenvalue weighted by Crippen LogP contribution is 2.39. The van der Waals surface area contributed by atoms with E-state index in [1.165, 1.54) is 32.6 Å². The number of methoxy groups -OCH3 is 2. The maximum atomic E-state index is 12.8. The van der Waals surface area contributed by atoms with Crippen molar-refractivity contribution < 1.29 is 23.0 Å². The predicted molar refractivity (Wildman–Crippen MR) is 123 cm³/mol. The second kappa shape index (κ2) is 8.78. The molecule has 0 amide bonds. The van der Waals surface area contributed by atoms with E-state index >= 15 is 0 Å². The van der Waals surface area contributed by atoms with Crippen molar-refractivity contribution in [1.82, 2.24) is 4.83 Å². The Morgan fingerprint density at radius 2 is 1.48 bits per heavy atom. The van der Waals surface area contributed by atoms with Gasteiger partial charge in [0, 0.05) is 17.2 Å². The maximum Gasteiger partial charge on any atom is 0.280 e. The Bertz CT molecular complexity index is 1040. The molecule has 0 saturated heterocycles. The van der Waals surface area contributed by atoms with Crippen molar-refractivity contribution in [2.75, 3.05) is 14.2 Å². The third-order valence-electron chi connectivity index (χ3n) is 4.80. The lowest BCUT2D eigenvalue weighted by molar-refractivity contribution is 0.392. The molecular weight excluding hydrogens is 416 g/mol. The summed E-state index contributed by atoms with van der Waals surface area (Å²) >= 11 is 0. The third kappa shape index (κ3) is 5.70. The van der Waals surface area contributed by atoms with Crippen LogP contribution in [-0.4, -0.2) is 34.0 Å². The molecule has 2 N–H and O–H groups in total. The molecule has 31 heavy (non-hydrogen) atoms. The van der Waals surface area contributed by atoms with E-state index in [-0.39, 0.29) is 27.2 Å². The molecule has 2 aromatic carbocycles. The van der Waals surface area contributed by atoms with Crippen LogP contribution in [0.1, 0.15) is 58.2 Å². The monoisotopic (exact) mass is 448 g/mol. The van der Waals surface area contributed by atoms with Crippen LogP contribution in [-0.2, 0) is 20.9 Å². The van der Waals surface area contributed by atoms with Gasteiger partial charge in [-0.05, 0) is 40.7 Å². The van der Waals surface area contributed by atoms with Crippen molar-refractivity contribution in [3.8, 4) is 17.2 Å². The van der Waals surface area contributed by atoms with E-state index in [0.717, 1.165) is 11.1 Å². The molecule has 0 aliphatic rings. The lowest BCUT2D eigenvalue weighted by atomic mass is 9.78. The number of hydrogen-bond donors (Lipinski definition) is 2. The zero-order chi connectivity index (χ0) is 23.6. The number of hydrogen-bond acceptors (Lipinski definition) is 6. The average molecular weight is 449 g/mol. The van der Waals surface area contributed by atoms with Gasteiger partial charge >= 0.3 is 0 Å². The first kappa shape index (κ1) is 24.5. The van der Waals surface area contributed by atoms with Gasteiger partial charge in [0.2, 0.25) is 0 Å². The Hall–Kier alpha value is -2.74. The molecule has 170 valence electrons. The second-order valence-corrected chi connectivity index (χ2v) is 11.0. The normalized spacial score (nSPS) is 12.8. The fourth-order valence-corrected chi connectivity index (χ4v) is 4.07. The Labute approximate surface area is 185 Å². The standard InChI is InChI=1S/C23H32N2O5S/c1-22(2,3)17-11-15(12-18(21(17)26)23(4,5)6)14-24-25-31(27,28)20-13-16(29-7)9-10-19(20)30-8/h9-14,25-26H,1-8H3/b24-14+. The van der Waals surface area contributed by atoms with Gasteiger partial charge in [-0.2, -0.15) is 18.4 Å². The summed E-state index contributed by atoms with van der Waals surface area (Å²) in [6, 6.07) is 8.12. The van der Waals surface area contributed by atoms with E-state index in [0.29, 0.717) is 11.3 Å². The first-order valence-corrected chi connectivity index (χ1v) is 11.3. The van der Waals surface area contributed by atoms with Gasteiger partial charge in [-0.3, -0.25) is 0 Å². The number of phenols is 1. The zero-order valence-corrected chi connectivity index (χ0v) is 20.2. The highest BCUT2D eigenvalue weighted by atomic mass is 32.2. The molecule has 0 unspecified atom stereocenters. The van der Waals surface area contributed by atoms with Crippen molar-refractivity contribution in [2.24, 2.45) is 5.10 Å². The van der Waals surface area contributed by atoms with Crippen molar-refractivity contribution in [2.45, 2.75) is 57.3 Å². The minimum atomic E-state index is -3.99. The van der Waals surface area contributed by atoms with Gasteiger partial charge in [0.15, 0.2) is 0 Å². The molecule has 0 spiro atoms. The Morgan fingerprint density at radius 3 is 1.94 bits per heavy atom. The Morgan fingerprint density at radius 1 is 0.935 bits per heavy atom. The number of nitrogens with one attached hydrogen (secondary N) is 1. The summed E-state index contributed by atoms with van der Waals surface area (Å²) in [5.41, 5.74) is 1.59. The van der Waals surface area contributed by atoms with Crippen LogP contribution in [0, 0.1) is 0 Å². The molecule has 0 heterocycles. The first-order valence-electron chi connectivity index (χ1n) is 9.85. The molecule has 0 bridgehead atoms. The second-order valence-electron chi connectivity index (χ2n) is 9.33. The highest BCUT2D eigenvalue weighted by Gasteiger charge is 2.26. The van der Waals surface area contributed by atoms with Crippen LogP contribution in [0.25, 0.3) is 0 Å². The number of aromatic hydroxyl groups is 1. The lowest BCUT2D eigenvalue weighted by Gasteiger charge is -2.27. The smallest absolute Gasteiger partial charge is 0.280 e. The van der Waals surface area contributed by atoms with E-state index in [2.05, 4.69) is 9.93 Å². The summed E-state index contributed by atoms with van der Waals surface area (Å²) in [6.07, 6.45) is 1.42. The summed E-state index contributed by atoms with van der Waals surface area (Å²) in [5, 5.41) is 14.8.